The van der Waals surface area contributed by atoms with Gasteiger partial charge >= 0.3 is 0 Å². The molecule has 0 radical (unpaired) electrons. The Morgan fingerprint density at radius 1 is 1.25 bits per heavy atom. The monoisotopic (exact) mass is 217 g/mol. The fourth-order valence-electron chi connectivity index (χ4n) is 1.76. The molecule has 0 atom stereocenters. The summed E-state index contributed by atoms with van der Waals surface area (Å²) in [5.41, 5.74) is 2.19. The van der Waals surface area contributed by atoms with E-state index in [0.29, 0.717) is 0 Å². The molecule has 0 saturated heterocycles. The number of unbranched alkanes of at least 4 members (excludes halogenated alkanes) is 1. The van der Waals surface area contributed by atoms with E-state index in [-0.39, 0.29) is 0 Å². The van der Waals surface area contributed by atoms with Gasteiger partial charge < -0.3 is 10.3 Å². The minimum Gasteiger partial charge on any atom is -0.342 e. The molecule has 16 heavy (non-hydrogen) atoms. The van der Waals surface area contributed by atoms with Crippen LogP contribution in [0.3, 0.4) is 0 Å². The van der Waals surface area contributed by atoms with Gasteiger partial charge in [0.05, 0.1) is 11.0 Å². The summed E-state index contributed by atoms with van der Waals surface area (Å²) in [4.78, 5) is 7.87. The maximum Gasteiger partial charge on any atom is 0.108 e. The van der Waals surface area contributed by atoms with E-state index in [9.17, 15) is 0 Å². The molecule has 0 unspecified atom stereocenters. The number of rotatable bonds is 6. The summed E-state index contributed by atoms with van der Waals surface area (Å²) in [7, 11) is 0. The van der Waals surface area contributed by atoms with Crippen molar-refractivity contribution in [1.29, 1.82) is 0 Å². The summed E-state index contributed by atoms with van der Waals surface area (Å²) in [6, 6.07) is 8.16. The van der Waals surface area contributed by atoms with Gasteiger partial charge in [0.2, 0.25) is 0 Å². The van der Waals surface area contributed by atoms with Gasteiger partial charge in [-0.3, -0.25) is 0 Å². The second kappa shape index (κ2) is 5.66. The van der Waals surface area contributed by atoms with Crippen LogP contribution in [0.15, 0.2) is 24.3 Å². The summed E-state index contributed by atoms with van der Waals surface area (Å²) in [5, 5.41) is 3.42. The van der Waals surface area contributed by atoms with Crippen molar-refractivity contribution in [3.63, 3.8) is 0 Å². The zero-order valence-electron chi connectivity index (χ0n) is 9.79. The van der Waals surface area contributed by atoms with Crippen molar-refractivity contribution in [3.8, 4) is 0 Å². The van der Waals surface area contributed by atoms with Crippen LogP contribution in [0.2, 0.25) is 0 Å². The molecule has 1 heterocycles. The molecule has 86 valence electrons. The number of aromatic amines is 1. The Hall–Kier alpha value is -1.35. The Kier molecular flexibility index (Phi) is 3.94. The molecular weight excluding hydrogens is 198 g/mol. The van der Waals surface area contributed by atoms with Crippen LogP contribution in [0.1, 0.15) is 25.6 Å². The SMILES string of the molecule is CCCCNCCc1nc2ccccc2[nH]1. The zero-order chi connectivity index (χ0) is 11.2. The van der Waals surface area contributed by atoms with Crippen molar-refractivity contribution in [2.45, 2.75) is 26.2 Å². The number of imidazole rings is 1. The van der Waals surface area contributed by atoms with Crippen LogP contribution in [0, 0.1) is 0 Å². The molecule has 0 spiro atoms. The molecule has 0 amide bonds. The lowest BCUT2D eigenvalue weighted by atomic mass is 10.3. The summed E-state index contributed by atoms with van der Waals surface area (Å²) >= 11 is 0. The third-order valence-electron chi connectivity index (χ3n) is 2.68. The Morgan fingerprint density at radius 2 is 2.12 bits per heavy atom. The number of nitrogens with one attached hydrogen (secondary N) is 2. The average Bonchev–Trinajstić information content (AvgIpc) is 2.71. The highest BCUT2D eigenvalue weighted by atomic mass is 14.9. The van der Waals surface area contributed by atoms with Crippen molar-refractivity contribution >= 4 is 11.0 Å². The molecule has 2 aromatic rings. The van der Waals surface area contributed by atoms with E-state index >= 15 is 0 Å². The molecule has 0 aliphatic rings. The van der Waals surface area contributed by atoms with Gasteiger partial charge in [-0.25, -0.2) is 4.98 Å². The quantitative estimate of drug-likeness (QED) is 0.730. The molecule has 1 aromatic heterocycles. The predicted octanol–water partition coefficient (Wildman–Crippen LogP) is 2.50. The van der Waals surface area contributed by atoms with Gasteiger partial charge in [-0.15, -0.1) is 0 Å². The Labute approximate surface area is 96.3 Å². The van der Waals surface area contributed by atoms with Gasteiger partial charge in [-0.05, 0) is 25.1 Å². The summed E-state index contributed by atoms with van der Waals surface area (Å²) in [6.45, 7) is 4.32. The van der Waals surface area contributed by atoms with Gasteiger partial charge in [0, 0.05) is 13.0 Å². The summed E-state index contributed by atoms with van der Waals surface area (Å²) < 4.78 is 0. The van der Waals surface area contributed by atoms with Crippen molar-refractivity contribution in [3.05, 3.63) is 30.1 Å². The van der Waals surface area contributed by atoms with Gasteiger partial charge in [-0.1, -0.05) is 25.5 Å². The molecule has 0 bridgehead atoms. The number of fused-ring (bicyclic) bond motifs is 1. The number of hydrogen-bond acceptors (Lipinski definition) is 2. The predicted molar refractivity (Wildman–Crippen MR) is 67.6 cm³/mol. The maximum absolute atomic E-state index is 4.53. The van der Waals surface area contributed by atoms with Crippen LogP contribution in [0.4, 0.5) is 0 Å². The van der Waals surface area contributed by atoms with E-state index < -0.39 is 0 Å². The molecule has 0 saturated carbocycles. The highest BCUT2D eigenvalue weighted by molar-refractivity contribution is 5.74. The number of benzene rings is 1. The average molecular weight is 217 g/mol. The topological polar surface area (TPSA) is 40.7 Å². The summed E-state index contributed by atoms with van der Waals surface area (Å²) in [6.07, 6.45) is 3.47. The standard InChI is InChI=1S/C13H19N3/c1-2-3-9-14-10-8-13-15-11-6-4-5-7-12(11)16-13/h4-7,14H,2-3,8-10H2,1H3,(H,15,16). The summed E-state index contributed by atoms with van der Waals surface area (Å²) in [5.74, 6) is 1.07. The third-order valence-corrected chi connectivity index (χ3v) is 2.68. The van der Waals surface area contributed by atoms with Crippen LogP contribution >= 0.6 is 0 Å². The molecule has 0 aliphatic heterocycles. The second-order valence-corrected chi connectivity index (χ2v) is 4.05. The van der Waals surface area contributed by atoms with Gasteiger partial charge in [-0.2, -0.15) is 0 Å². The number of H-pyrrole nitrogens is 1. The van der Waals surface area contributed by atoms with Gasteiger partial charge in [0.15, 0.2) is 0 Å². The van der Waals surface area contributed by atoms with Gasteiger partial charge in [0.25, 0.3) is 0 Å². The van der Waals surface area contributed by atoms with Crippen molar-refractivity contribution in [1.82, 2.24) is 15.3 Å². The Morgan fingerprint density at radius 3 is 2.94 bits per heavy atom. The first-order valence-electron chi connectivity index (χ1n) is 6.04. The number of nitrogens with zero attached hydrogens (tertiary/aromatic N) is 1. The third kappa shape index (κ3) is 2.83. The van der Waals surface area contributed by atoms with Crippen molar-refractivity contribution in [2.24, 2.45) is 0 Å². The Bertz CT molecular complexity index is 400. The van der Waals surface area contributed by atoms with Crippen LogP contribution in [0.5, 0.6) is 0 Å². The number of hydrogen-bond donors (Lipinski definition) is 2. The van der Waals surface area contributed by atoms with Crippen LogP contribution in [-0.2, 0) is 6.42 Å². The molecule has 3 heteroatoms. The zero-order valence-corrected chi connectivity index (χ0v) is 9.79. The second-order valence-electron chi connectivity index (χ2n) is 4.05. The molecule has 3 nitrogen and oxygen atoms in total. The van der Waals surface area contributed by atoms with Crippen LogP contribution in [-0.4, -0.2) is 23.1 Å². The molecule has 2 N–H and O–H groups in total. The molecule has 0 fully saturated rings. The van der Waals surface area contributed by atoms with Crippen molar-refractivity contribution in [2.75, 3.05) is 13.1 Å². The lowest BCUT2D eigenvalue weighted by Gasteiger charge is -2.00. The number of aromatic nitrogens is 2. The first-order valence-corrected chi connectivity index (χ1v) is 6.04. The van der Waals surface area contributed by atoms with Crippen molar-refractivity contribution < 1.29 is 0 Å². The Balaban J connectivity index is 1.85. The maximum atomic E-state index is 4.53. The van der Waals surface area contributed by atoms with Crippen LogP contribution in [0.25, 0.3) is 11.0 Å². The smallest absolute Gasteiger partial charge is 0.108 e. The largest absolute Gasteiger partial charge is 0.342 e. The van der Waals surface area contributed by atoms with Crippen LogP contribution < -0.4 is 5.32 Å². The minimum atomic E-state index is 0.971. The van der Waals surface area contributed by atoms with E-state index in [2.05, 4.69) is 28.3 Å². The molecule has 0 aliphatic carbocycles. The first-order chi connectivity index (χ1) is 7.90. The van der Waals surface area contributed by atoms with E-state index in [1.807, 2.05) is 18.2 Å². The molecular formula is C13H19N3. The highest BCUT2D eigenvalue weighted by Gasteiger charge is 2.00. The van der Waals surface area contributed by atoms with E-state index in [4.69, 9.17) is 0 Å². The fourth-order valence-corrected chi connectivity index (χ4v) is 1.76. The van der Waals surface area contributed by atoms with E-state index in [1.54, 1.807) is 0 Å². The first kappa shape index (κ1) is 11.1. The highest BCUT2D eigenvalue weighted by Crippen LogP contribution is 2.10. The number of para-hydroxylation sites is 2. The lowest BCUT2D eigenvalue weighted by molar-refractivity contribution is 0.633. The van der Waals surface area contributed by atoms with E-state index in [0.717, 1.165) is 36.4 Å². The molecule has 1 aromatic carbocycles. The van der Waals surface area contributed by atoms with E-state index in [1.165, 1.54) is 12.8 Å². The molecule has 2 rings (SSSR count). The fraction of sp³-hybridized carbons (Fsp3) is 0.462. The normalized spacial score (nSPS) is 11.1. The minimum absolute atomic E-state index is 0.971. The lowest BCUT2D eigenvalue weighted by Crippen LogP contribution is -2.18. The van der Waals surface area contributed by atoms with Gasteiger partial charge in [0.1, 0.15) is 5.82 Å².